The number of alkyl halides is 3. The molecule has 1 atom stereocenters. The summed E-state index contributed by atoms with van der Waals surface area (Å²) in [6, 6.07) is -1.80. The SMILES string of the molecule is CCCn1ncnc1CC(NN)C(F)(F)F. The van der Waals surface area contributed by atoms with Gasteiger partial charge >= 0.3 is 6.18 Å². The van der Waals surface area contributed by atoms with E-state index in [4.69, 9.17) is 5.84 Å². The fourth-order valence-corrected chi connectivity index (χ4v) is 1.30. The molecule has 0 saturated carbocycles. The minimum absolute atomic E-state index is 0.280. The lowest BCUT2D eigenvalue weighted by Gasteiger charge is -2.18. The topological polar surface area (TPSA) is 68.8 Å². The summed E-state index contributed by atoms with van der Waals surface area (Å²) in [6.07, 6.45) is -2.68. The van der Waals surface area contributed by atoms with Gasteiger partial charge in [-0.05, 0) is 6.42 Å². The first-order valence-electron chi connectivity index (χ1n) is 4.88. The third kappa shape index (κ3) is 3.17. The molecule has 1 rings (SSSR count). The highest BCUT2D eigenvalue weighted by Crippen LogP contribution is 2.21. The third-order valence-corrected chi connectivity index (χ3v) is 2.11. The summed E-state index contributed by atoms with van der Waals surface area (Å²) in [5.41, 5.74) is 1.74. The van der Waals surface area contributed by atoms with Crippen LogP contribution in [0.15, 0.2) is 6.33 Å². The molecule has 5 nitrogen and oxygen atoms in total. The van der Waals surface area contributed by atoms with Gasteiger partial charge in [0.2, 0.25) is 0 Å². The Hall–Kier alpha value is -1.15. The molecular formula is C8H14F3N5. The summed E-state index contributed by atoms with van der Waals surface area (Å²) in [5, 5.41) is 3.84. The Morgan fingerprint density at radius 1 is 1.56 bits per heavy atom. The molecule has 1 aromatic heterocycles. The smallest absolute Gasteiger partial charge is 0.271 e. The second-order valence-electron chi connectivity index (χ2n) is 3.36. The Morgan fingerprint density at radius 2 is 2.25 bits per heavy atom. The van der Waals surface area contributed by atoms with Gasteiger partial charge < -0.3 is 0 Å². The lowest BCUT2D eigenvalue weighted by molar-refractivity contribution is -0.156. The van der Waals surface area contributed by atoms with E-state index in [-0.39, 0.29) is 12.2 Å². The van der Waals surface area contributed by atoms with E-state index < -0.39 is 12.2 Å². The number of hydrazine groups is 1. The quantitative estimate of drug-likeness (QED) is 0.582. The van der Waals surface area contributed by atoms with Crippen molar-refractivity contribution in [2.24, 2.45) is 5.84 Å². The number of rotatable bonds is 5. The van der Waals surface area contributed by atoms with E-state index in [2.05, 4.69) is 10.1 Å². The van der Waals surface area contributed by atoms with Crippen LogP contribution >= 0.6 is 0 Å². The first kappa shape index (κ1) is 12.9. The first-order chi connectivity index (χ1) is 7.49. The van der Waals surface area contributed by atoms with Crippen LogP contribution < -0.4 is 11.3 Å². The molecule has 0 amide bonds. The van der Waals surface area contributed by atoms with Gasteiger partial charge in [-0.3, -0.25) is 10.5 Å². The Bertz CT molecular complexity index is 322. The molecule has 16 heavy (non-hydrogen) atoms. The van der Waals surface area contributed by atoms with Crippen molar-refractivity contribution < 1.29 is 13.2 Å². The van der Waals surface area contributed by atoms with E-state index in [1.54, 1.807) is 5.43 Å². The molecule has 3 N–H and O–H groups in total. The second kappa shape index (κ2) is 5.26. The largest absolute Gasteiger partial charge is 0.405 e. The van der Waals surface area contributed by atoms with Gasteiger partial charge in [-0.15, -0.1) is 0 Å². The maximum atomic E-state index is 12.4. The second-order valence-corrected chi connectivity index (χ2v) is 3.36. The standard InChI is InChI=1S/C8H14F3N5/c1-2-3-16-7(13-5-14-16)4-6(15-12)8(9,10)11/h5-6,15H,2-4,12H2,1H3. The number of hydrogen-bond acceptors (Lipinski definition) is 4. The summed E-state index contributed by atoms with van der Waals surface area (Å²) < 4.78 is 38.7. The van der Waals surface area contributed by atoms with Gasteiger partial charge in [-0.1, -0.05) is 6.92 Å². The molecule has 0 aliphatic carbocycles. The molecular weight excluding hydrogens is 223 g/mol. The highest BCUT2D eigenvalue weighted by Gasteiger charge is 2.39. The third-order valence-electron chi connectivity index (χ3n) is 2.11. The monoisotopic (exact) mass is 237 g/mol. The fourth-order valence-electron chi connectivity index (χ4n) is 1.30. The number of halogens is 3. The maximum absolute atomic E-state index is 12.4. The Kier molecular flexibility index (Phi) is 4.25. The van der Waals surface area contributed by atoms with Crippen molar-refractivity contribution >= 4 is 0 Å². The van der Waals surface area contributed by atoms with Gasteiger partial charge in [0.1, 0.15) is 18.2 Å². The normalized spacial score (nSPS) is 14.1. The van der Waals surface area contributed by atoms with Crippen LogP contribution in [-0.2, 0) is 13.0 Å². The molecule has 0 aliphatic heterocycles. The molecule has 0 aromatic carbocycles. The lowest BCUT2D eigenvalue weighted by Crippen LogP contribution is -2.47. The average Bonchev–Trinajstić information content (AvgIpc) is 2.60. The van der Waals surface area contributed by atoms with Crippen molar-refractivity contribution in [2.75, 3.05) is 0 Å². The summed E-state index contributed by atoms with van der Waals surface area (Å²) in [7, 11) is 0. The fraction of sp³-hybridized carbons (Fsp3) is 0.750. The van der Waals surface area contributed by atoms with Crippen LogP contribution in [0.3, 0.4) is 0 Å². The molecule has 0 spiro atoms. The molecule has 0 bridgehead atoms. The van der Waals surface area contributed by atoms with Gasteiger partial charge in [0.05, 0.1) is 0 Å². The molecule has 1 unspecified atom stereocenters. The Morgan fingerprint density at radius 3 is 2.75 bits per heavy atom. The molecule has 0 radical (unpaired) electrons. The molecule has 8 heteroatoms. The van der Waals surface area contributed by atoms with E-state index in [0.717, 1.165) is 6.42 Å². The number of aromatic nitrogens is 3. The highest BCUT2D eigenvalue weighted by molar-refractivity contribution is 4.91. The zero-order valence-electron chi connectivity index (χ0n) is 8.83. The van der Waals surface area contributed by atoms with Crippen LogP contribution in [0.2, 0.25) is 0 Å². The summed E-state index contributed by atoms with van der Waals surface area (Å²) >= 11 is 0. The van der Waals surface area contributed by atoms with Gasteiger partial charge in [-0.25, -0.2) is 10.4 Å². The van der Waals surface area contributed by atoms with Crippen LogP contribution in [0.25, 0.3) is 0 Å². The number of nitrogens with zero attached hydrogens (tertiary/aromatic N) is 3. The molecule has 92 valence electrons. The number of hydrogen-bond donors (Lipinski definition) is 2. The lowest BCUT2D eigenvalue weighted by atomic mass is 10.2. The van der Waals surface area contributed by atoms with Crippen molar-refractivity contribution in [1.29, 1.82) is 0 Å². The maximum Gasteiger partial charge on any atom is 0.405 e. The van der Waals surface area contributed by atoms with Crippen molar-refractivity contribution in [3.63, 3.8) is 0 Å². The van der Waals surface area contributed by atoms with Crippen molar-refractivity contribution in [2.45, 2.75) is 38.5 Å². The molecule has 1 heterocycles. The van der Waals surface area contributed by atoms with Crippen molar-refractivity contribution in [3.05, 3.63) is 12.2 Å². The first-order valence-corrected chi connectivity index (χ1v) is 4.88. The van der Waals surface area contributed by atoms with Crippen molar-refractivity contribution in [1.82, 2.24) is 20.2 Å². The summed E-state index contributed by atoms with van der Waals surface area (Å²) in [6.45, 7) is 2.46. The van der Waals surface area contributed by atoms with Crippen LogP contribution in [0, 0.1) is 0 Å². The summed E-state index contributed by atoms with van der Waals surface area (Å²) in [4.78, 5) is 3.79. The highest BCUT2D eigenvalue weighted by atomic mass is 19.4. The molecule has 1 aromatic rings. The molecule has 0 saturated heterocycles. The van der Waals surface area contributed by atoms with E-state index in [0.29, 0.717) is 6.54 Å². The summed E-state index contributed by atoms with van der Waals surface area (Å²) in [5.74, 6) is 5.15. The van der Waals surface area contributed by atoms with E-state index in [1.165, 1.54) is 11.0 Å². The predicted octanol–water partition coefficient (Wildman–Crippen LogP) is 0.625. The van der Waals surface area contributed by atoms with Crippen LogP contribution in [-0.4, -0.2) is 27.0 Å². The Balaban J connectivity index is 2.74. The van der Waals surface area contributed by atoms with Gasteiger partial charge in [0.15, 0.2) is 0 Å². The van der Waals surface area contributed by atoms with Gasteiger partial charge in [0.25, 0.3) is 0 Å². The number of aryl methyl sites for hydroxylation is 1. The zero-order valence-corrected chi connectivity index (χ0v) is 8.83. The minimum atomic E-state index is -4.39. The average molecular weight is 237 g/mol. The van der Waals surface area contributed by atoms with Crippen LogP contribution in [0.5, 0.6) is 0 Å². The molecule has 0 fully saturated rings. The zero-order chi connectivity index (χ0) is 12.2. The van der Waals surface area contributed by atoms with Crippen LogP contribution in [0.1, 0.15) is 19.2 Å². The van der Waals surface area contributed by atoms with E-state index in [1.807, 2.05) is 6.92 Å². The minimum Gasteiger partial charge on any atom is -0.271 e. The van der Waals surface area contributed by atoms with E-state index in [9.17, 15) is 13.2 Å². The number of nitrogens with one attached hydrogen (secondary N) is 1. The van der Waals surface area contributed by atoms with Crippen molar-refractivity contribution in [3.8, 4) is 0 Å². The Labute approximate surface area is 90.8 Å². The van der Waals surface area contributed by atoms with Crippen LogP contribution in [0.4, 0.5) is 13.2 Å². The number of nitrogens with two attached hydrogens (primary N) is 1. The molecule has 0 aliphatic rings. The predicted molar refractivity (Wildman–Crippen MR) is 51.2 cm³/mol. The van der Waals surface area contributed by atoms with E-state index >= 15 is 0 Å². The van der Waals surface area contributed by atoms with Gasteiger partial charge in [-0.2, -0.15) is 18.3 Å². The van der Waals surface area contributed by atoms with Gasteiger partial charge in [0, 0.05) is 13.0 Å².